The Labute approximate surface area is 277 Å². The molecular weight excluding hydrogens is 622 g/mol. The summed E-state index contributed by atoms with van der Waals surface area (Å²) < 4.78 is 39.5. The van der Waals surface area contributed by atoms with E-state index in [1.54, 1.807) is 25.4 Å². The average Bonchev–Trinajstić information content (AvgIpc) is 3.79. The van der Waals surface area contributed by atoms with Crippen LogP contribution in [0.4, 0.5) is 8.78 Å². The minimum Gasteiger partial charge on any atom is -0.475 e. The fourth-order valence-corrected chi connectivity index (χ4v) is 7.95. The Balaban J connectivity index is 1.41. The highest BCUT2D eigenvalue weighted by atomic mass is 35.5. The second kappa shape index (κ2) is 12.6. The van der Waals surface area contributed by atoms with Gasteiger partial charge in [0.2, 0.25) is 5.88 Å². The number of aromatic amines is 1. The summed E-state index contributed by atoms with van der Waals surface area (Å²) in [4.78, 5) is 9.18. The fourth-order valence-electron chi connectivity index (χ4n) is 7.66. The zero-order chi connectivity index (χ0) is 33.0. The lowest BCUT2D eigenvalue weighted by Gasteiger charge is -2.39. The number of fused-ring (bicyclic) bond motifs is 4. The van der Waals surface area contributed by atoms with Gasteiger partial charge in [-0.25, -0.2) is 13.8 Å². The van der Waals surface area contributed by atoms with Gasteiger partial charge in [-0.3, -0.25) is 14.7 Å². The molecule has 0 radical (unpaired) electrons. The first-order valence-corrected chi connectivity index (χ1v) is 16.7. The van der Waals surface area contributed by atoms with Gasteiger partial charge >= 0.3 is 0 Å². The second-order valence-electron chi connectivity index (χ2n) is 13.3. The van der Waals surface area contributed by atoms with E-state index in [-0.39, 0.29) is 47.2 Å². The number of H-pyrrole nitrogens is 1. The number of alkyl halides is 1. The molecule has 7 rings (SSSR count). The maximum Gasteiger partial charge on any atom is 0.225 e. The number of aryl methyl sites for hydroxylation is 1. The van der Waals surface area contributed by atoms with E-state index in [4.69, 9.17) is 26.4 Å². The Morgan fingerprint density at radius 2 is 1.96 bits per heavy atom. The number of likely N-dealkylation sites (tertiary alicyclic amines) is 2. The molecule has 5 heterocycles. The summed E-state index contributed by atoms with van der Waals surface area (Å²) in [5.74, 6) is -0.201. The number of pyridine rings is 1. The van der Waals surface area contributed by atoms with E-state index in [0.717, 1.165) is 41.4 Å². The molecule has 2 saturated heterocycles. The first-order valence-electron chi connectivity index (χ1n) is 16.4. The van der Waals surface area contributed by atoms with Crippen molar-refractivity contribution < 1.29 is 13.5 Å². The molecule has 246 valence electrons. The molecule has 2 aliphatic rings. The van der Waals surface area contributed by atoms with E-state index >= 15 is 4.39 Å². The van der Waals surface area contributed by atoms with Crippen LogP contribution in [0.2, 0.25) is 5.02 Å². The van der Waals surface area contributed by atoms with Gasteiger partial charge in [0.1, 0.15) is 18.3 Å². The molecule has 47 heavy (non-hydrogen) atoms. The molecule has 1 N–H and O–H groups in total. The third kappa shape index (κ3) is 5.60. The van der Waals surface area contributed by atoms with Gasteiger partial charge in [0.05, 0.1) is 52.4 Å². The van der Waals surface area contributed by atoms with Crippen molar-refractivity contribution in [2.75, 3.05) is 33.3 Å². The van der Waals surface area contributed by atoms with Crippen LogP contribution in [0.1, 0.15) is 56.2 Å². The Hall–Kier alpha value is -3.85. The summed E-state index contributed by atoms with van der Waals surface area (Å²) in [7, 11) is 2.09. The molecule has 0 spiro atoms. The molecule has 12 heteroatoms. The molecule has 3 aromatic heterocycles. The molecule has 9 nitrogen and oxygen atoms in total. The van der Waals surface area contributed by atoms with Gasteiger partial charge in [-0.15, -0.1) is 0 Å². The van der Waals surface area contributed by atoms with E-state index in [0.29, 0.717) is 53.7 Å². The number of benzene rings is 2. The summed E-state index contributed by atoms with van der Waals surface area (Å²) in [6.07, 6.45) is 6.16. The number of nitrogens with zero attached hydrogens (tertiary/aromatic N) is 7. The fraction of sp³-hybridized carbons (Fsp3) is 0.486. The number of ether oxygens (including phenoxy) is 1. The molecule has 1 unspecified atom stereocenters. The van der Waals surface area contributed by atoms with Crippen LogP contribution in [0.3, 0.4) is 0 Å². The Kier molecular flexibility index (Phi) is 8.53. The van der Waals surface area contributed by atoms with Crippen molar-refractivity contribution in [2.24, 2.45) is 0 Å². The quantitative estimate of drug-likeness (QED) is 0.187. The van der Waals surface area contributed by atoms with Crippen LogP contribution in [0, 0.1) is 31.0 Å². The lowest BCUT2D eigenvalue weighted by atomic mass is 9.92. The Morgan fingerprint density at radius 1 is 1.13 bits per heavy atom. The van der Waals surface area contributed by atoms with Crippen LogP contribution in [0.15, 0.2) is 24.5 Å². The number of nitriles is 1. The van der Waals surface area contributed by atoms with Crippen molar-refractivity contribution in [2.45, 2.75) is 77.2 Å². The van der Waals surface area contributed by atoms with Crippen LogP contribution in [0.25, 0.3) is 43.8 Å². The van der Waals surface area contributed by atoms with Gasteiger partial charge in [-0.05, 0) is 83.3 Å². The third-order valence-electron chi connectivity index (χ3n) is 10.3. The molecule has 0 aliphatic carbocycles. The topological polar surface area (TPSA) is 98.9 Å². The predicted octanol–water partition coefficient (Wildman–Crippen LogP) is 7.29. The normalized spacial score (nSPS) is 21.6. The zero-order valence-electron chi connectivity index (χ0n) is 27.2. The predicted molar refractivity (Wildman–Crippen MR) is 180 cm³/mol. The highest BCUT2D eigenvalue weighted by molar-refractivity contribution is 6.35. The summed E-state index contributed by atoms with van der Waals surface area (Å²) in [5.41, 5.74) is 4.49. The number of piperidine rings is 1. The minimum absolute atomic E-state index is 0.0949. The molecule has 0 amide bonds. The van der Waals surface area contributed by atoms with Crippen molar-refractivity contribution in [3.05, 3.63) is 46.5 Å². The minimum atomic E-state index is -0.994. The van der Waals surface area contributed by atoms with Gasteiger partial charge in [0.25, 0.3) is 0 Å². The first-order chi connectivity index (χ1) is 22.7. The molecule has 2 aromatic carbocycles. The lowest BCUT2D eigenvalue weighted by molar-refractivity contribution is 0.0892. The lowest BCUT2D eigenvalue weighted by Crippen LogP contribution is -2.45. The Bertz CT molecular complexity index is 2020. The van der Waals surface area contributed by atoms with E-state index in [9.17, 15) is 9.65 Å². The van der Waals surface area contributed by atoms with Crippen LogP contribution < -0.4 is 4.74 Å². The van der Waals surface area contributed by atoms with Crippen molar-refractivity contribution in [1.29, 1.82) is 5.26 Å². The third-order valence-corrected chi connectivity index (χ3v) is 10.6. The number of likely N-dealkylation sites (N-methyl/N-ethyl adjacent to an activating group) is 1. The van der Waals surface area contributed by atoms with Crippen molar-refractivity contribution >= 4 is 44.3 Å². The number of nitrogens with one attached hydrogen (secondary N) is 1. The first kappa shape index (κ1) is 31.7. The average molecular weight is 661 g/mol. The number of halogens is 3. The number of hydrogen-bond donors (Lipinski definition) is 1. The maximum atomic E-state index is 17.1. The number of aromatic nitrogens is 5. The van der Waals surface area contributed by atoms with Gasteiger partial charge in [0, 0.05) is 47.1 Å². The van der Waals surface area contributed by atoms with Gasteiger partial charge in [-0.1, -0.05) is 11.6 Å². The monoisotopic (exact) mass is 660 g/mol. The van der Waals surface area contributed by atoms with Crippen LogP contribution in [0.5, 0.6) is 5.88 Å². The standard InChI is InChI=1S/C35H39ClF2N8O/c1-19-12-29-26(15-40-43-29)30(21(19)3)31-28(36)14-25-33(32(31)38)42-35(47-18-24-6-5-10-44(24)4)27-16-41-46(34(25)27)23-8-11-45(17-20(2)37)22(13-23)7-9-39/h12,14-16,20,22-24H,5-8,10-11,13,17-18H2,1-4H3,(H,40,43)/t20?,22-,23+,24+/m1/s1. The molecular formula is C35H39ClF2N8O. The van der Waals surface area contributed by atoms with Crippen molar-refractivity contribution in [1.82, 2.24) is 34.8 Å². The van der Waals surface area contributed by atoms with E-state index in [1.807, 2.05) is 24.6 Å². The molecule has 4 atom stereocenters. The summed E-state index contributed by atoms with van der Waals surface area (Å²) in [6.45, 7) is 7.83. The SMILES string of the molecule is Cc1cc2[nH]ncc2c(-c2c(Cl)cc3c(nc(OC[C@@H]4CCCN4C)c4cnn([C@H]5CCN(CC(C)F)[C@H](CC#N)C5)c43)c2F)c1C. The highest BCUT2D eigenvalue weighted by Gasteiger charge is 2.33. The second-order valence-corrected chi connectivity index (χ2v) is 13.7. The maximum absolute atomic E-state index is 17.1. The highest BCUT2D eigenvalue weighted by Crippen LogP contribution is 2.44. The van der Waals surface area contributed by atoms with Gasteiger partial charge in [0.15, 0.2) is 5.82 Å². The van der Waals surface area contributed by atoms with E-state index < -0.39 is 12.0 Å². The zero-order valence-corrected chi connectivity index (χ0v) is 27.9. The van der Waals surface area contributed by atoms with Gasteiger partial charge in [-0.2, -0.15) is 15.5 Å². The molecule has 2 aliphatic heterocycles. The smallest absolute Gasteiger partial charge is 0.225 e. The number of rotatable bonds is 8. The van der Waals surface area contributed by atoms with Crippen LogP contribution >= 0.6 is 11.6 Å². The van der Waals surface area contributed by atoms with Crippen LogP contribution in [-0.2, 0) is 0 Å². The summed E-state index contributed by atoms with van der Waals surface area (Å²) in [6, 6.07) is 6.10. The van der Waals surface area contributed by atoms with E-state index in [2.05, 4.69) is 33.1 Å². The summed E-state index contributed by atoms with van der Waals surface area (Å²) >= 11 is 7.03. The molecule has 2 fully saturated rings. The van der Waals surface area contributed by atoms with Crippen molar-refractivity contribution in [3.63, 3.8) is 0 Å². The number of hydrogen-bond acceptors (Lipinski definition) is 7. The summed E-state index contributed by atoms with van der Waals surface area (Å²) in [5, 5.41) is 23.9. The molecule has 0 bridgehead atoms. The molecule has 0 saturated carbocycles. The van der Waals surface area contributed by atoms with Crippen LogP contribution in [-0.4, -0.2) is 86.3 Å². The van der Waals surface area contributed by atoms with Gasteiger partial charge < -0.3 is 9.64 Å². The Morgan fingerprint density at radius 3 is 2.70 bits per heavy atom. The molecule has 5 aromatic rings. The van der Waals surface area contributed by atoms with E-state index in [1.165, 1.54) is 0 Å². The van der Waals surface area contributed by atoms with Crippen molar-refractivity contribution in [3.8, 4) is 23.1 Å². The largest absolute Gasteiger partial charge is 0.475 e.